The van der Waals surface area contributed by atoms with Crippen molar-refractivity contribution in [1.82, 2.24) is 9.78 Å². The van der Waals surface area contributed by atoms with Crippen LogP contribution < -0.4 is 10.2 Å². The van der Waals surface area contributed by atoms with Gasteiger partial charge in [0.2, 0.25) is 0 Å². The molecule has 2 aromatic rings. The molecule has 1 N–H and O–H groups in total. The second-order valence-electron chi connectivity index (χ2n) is 5.15. The van der Waals surface area contributed by atoms with Crippen LogP contribution in [0.1, 0.15) is 24.2 Å². The molecule has 0 aliphatic rings. The topological polar surface area (TPSA) is 33.1 Å². The zero-order valence-electron chi connectivity index (χ0n) is 12.3. The minimum atomic E-state index is 0.242. The lowest BCUT2D eigenvalue weighted by molar-refractivity contribution is 0.756. The predicted molar refractivity (Wildman–Crippen MR) is 80.8 cm³/mol. The summed E-state index contributed by atoms with van der Waals surface area (Å²) in [4.78, 5) is 2.10. The molecule has 102 valence electrons. The molecule has 0 aliphatic carbocycles. The fourth-order valence-corrected chi connectivity index (χ4v) is 2.24. The molecule has 4 nitrogen and oxygen atoms in total. The molecule has 1 atom stereocenters. The van der Waals surface area contributed by atoms with Crippen LogP contribution in [-0.4, -0.2) is 23.9 Å². The Morgan fingerprint density at radius 3 is 2.63 bits per heavy atom. The van der Waals surface area contributed by atoms with E-state index in [0.29, 0.717) is 0 Å². The maximum absolute atomic E-state index is 4.39. The number of aryl methyl sites for hydroxylation is 2. The Morgan fingerprint density at radius 1 is 1.32 bits per heavy atom. The largest absolute Gasteiger partial charge is 0.378 e. The first-order valence-electron chi connectivity index (χ1n) is 6.51. The molecule has 0 saturated carbocycles. The minimum Gasteiger partial charge on any atom is -0.378 e. The van der Waals surface area contributed by atoms with Gasteiger partial charge in [-0.25, -0.2) is 0 Å². The van der Waals surface area contributed by atoms with Gasteiger partial charge in [0, 0.05) is 44.3 Å². The summed E-state index contributed by atoms with van der Waals surface area (Å²) < 4.78 is 1.86. The van der Waals surface area contributed by atoms with Gasteiger partial charge in [-0.1, -0.05) is 6.07 Å². The van der Waals surface area contributed by atoms with E-state index in [1.807, 2.05) is 32.7 Å². The lowest BCUT2D eigenvalue weighted by Crippen LogP contribution is -2.10. The van der Waals surface area contributed by atoms with Crippen molar-refractivity contribution in [3.05, 3.63) is 41.7 Å². The highest BCUT2D eigenvalue weighted by molar-refractivity contribution is 5.58. The first-order chi connectivity index (χ1) is 8.97. The average Bonchev–Trinajstić information content (AvgIpc) is 2.69. The van der Waals surface area contributed by atoms with E-state index in [1.165, 1.54) is 11.3 Å². The molecule has 0 saturated heterocycles. The van der Waals surface area contributed by atoms with Gasteiger partial charge in [0.1, 0.15) is 0 Å². The lowest BCUT2D eigenvalue weighted by Gasteiger charge is -2.18. The molecule has 1 heterocycles. The van der Waals surface area contributed by atoms with Crippen LogP contribution in [-0.2, 0) is 7.05 Å². The first-order valence-corrected chi connectivity index (χ1v) is 6.51. The van der Waals surface area contributed by atoms with E-state index in [4.69, 9.17) is 0 Å². The predicted octanol–water partition coefficient (Wildman–Crippen LogP) is 2.97. The van der Waals surface area contributed by atoms with Gasteiger partial charge in [-0.3, -0.25) is 4.68 Å². The molecule has 4 heteroatoms. The molecule has 19 heavy (non-hydrogen) atoms. The number of aromatic nitrogens is 2. The van der Waals surface area contributed by atoms with Gasteiger partial charge in [-0.2, -0.15) is 5.10 Å². The molecule has 0 fully saturated rings. The fourth-order valence-electron chi connectivity index (χ4n) is 2.24. The van der Waals surface area contributed by atoms with Gasteiger partial charge in [-0.05, 0) is 32.0 Å². The quantitative estimate of drug-likeness (QED) is 0.915. The first kappa shape index (κ1) is 13.5. The Balaban J connectivity index is 2.17. The van der Waals surface area contributed by atoms with E-state index in [0.717, 1.165) is 11.4 Å². The van der Waals surface area contributed by atoms with E-state index in [1.54, 1.807) is 0 Å². The van der Waals surface area contributed by atoms with E-state index in [2.05, 4.69) is 52.7 Å². The van der Waals surface area contributed by atoms with Crippen molar-refractivity contribution in [2.24, 2.45) is 7.05 Å². The normalized spacial score (nSPS) is 12.3. The molecule has 0 spiro atoms. The number of hydrogen-bond acceptors (Lipinski definition) is 3. The number of nitrogens with zero attached hydrogens (tertiary/aromatic N) is 3. The van der Waals surface area contributed by atoms with Crippen molar-refractivity contribution < 1.29 is 0 Å². The second-order valence-corrected chi connectivity index (χ2v) is 5.15. The summed E-state index contributed by atoms with van der Waals surface area (Å²) in [6.45, 7) is 4.20. The Hall–Kier alpha value is -1.97. The highest BCUT2D eigenvalue weighted by Gasteiger charge is 2.11. The van der Waals surface area contributed by atoms with Crippen molar-refractivity contribution in [2.75, 3.05) is 24.3 Å². The van der Waals surface area contributed by atoms with E-state index in [-0.39, 0.29) is 6.04 Å². The Bertz CT molecular complexity index is 557. The molecule has 0 amide bonds. The third kappa shape index (κ3) is 3.08. The molecule has 0 radical (unpaired) electrons. The van der Waals surface area contributed by atoms with Crippen LogP contribution >= 0.6 is 0 Å². The second kappa shape index (κ2) is 5.34. The Labute approximate surface area is 115 Å². The SMILES string of the molecule is Cc1nn(C)cc1C(C)Nc1cccc(N(C)C)c1. The van der Waals surface area contributed by atoms with Gasteiger partial charge >= 0.3 is 0 Å². The number of hydrogen-bond donors (Lipinski definition) is 1. The zero-order chi connectivity index (χ0) is 14.0. The molecule has 1 aromatic carbocycles. The zero-order valence-corrected chi connectivity index (χ0v) is 12.3. The monoisotopic (exact) mass is 258 g/mol. The lowest BCUT2D eigenvalue weighted by atomic mass is 10.1. The Morgan fingerprint density at radius 2 is 2.05 bits per heavy atom. The molecule has 1 unspecified atom stereocenters. The van der Waals surface area contributed by atoms with Crippen LogP contribution in [0.4, 0.5) is 11.4 Å². The molecular formula is C15H22N4. The minimum absolute atomic E-state index is 0.242. The third-order valence-electron chi connectivity index (χ3n) is 3.26. The summed E-state index contributed by atoms with van der Waals surface area (Å²) in [5.41, 5.74) is 4.63. The van der Waals surface area contributed by atoms with Gasteiger partial charge in [-0.15, -0.1) is 0 Å². The van der Waals surface area contributed by atoms with Crippen molar-refractivity contribution in [1.29, 1.82) is 0 Å². The van der Waals surface area contributed by atoms with Crippen molar-refractivity contribution in [2.45, 2.75) is 19.9 Å². The smallest absolute Gasteiger partial charge is 0.0646 e. The maximum atomic E-state index is 4.39. The third-order valence-corrected chi connectivity index (χ3v) is 3.26. The van der Waals surface area contributed by atoms with Crippen LogP contribution in [0.3, 0.4) is 0 Å². The number of benzene rings is 1. The standard InChI is InChI=1S/C15H22N4/c1-11(15-10-19(5)17-12(15)2)16-13-7-6-8-14(9-13)18(3)4/h6-11,16H,1-5H3. The van der Waals surface area contributed by atoms with Crippen molar-refractivity contribution >= 4 is 11.4 Å². The molecule has 0 bridgehead atoms. The van der Waals surface area contributed by atoms with E-state index in [9.17, 15) is 0 Å². The average molecular weight is 258 g/mol. The number of rotatable bonds is 4. The van der Waals surface area contributed by atoms with Crippen LogP contribution in [0, 0.1) is 6.92 Å². The molecule has 0 aliphatic heterocycles. The van der Waals surface area contributed by atoms with Gasteiger partial charge < -0.3 is 10.2 Å². The van der Waals surface area contributed by atoms with Gasteiger partial charge in [0.05, 0.1) is 11.7 Å². The molecule has 1 aromatic heterocycles. The maximum Gasteiger partial charge on any atom is 0.0646 e. The summed E-state index contributed by atoms with van der Waals surface area (Å²) in [6, 6.07) is 8.66. The van der Waals surface area contributed by atoms with Crippen LogP contribution in [0.5, 0.6) is 0 Å². The highest BCUT2D eigenvalue weighted by Crippen LogP contribution is 2.24. The number of nitrogens with one attached hydrogen (secondary N) is 1. The molecular weight excluding hydrogens is 236 g/mol. The van der Waals surface area contributed by atoms with E-state index < -0.39 is 0 Å². The van der Waals surface area contributed by atoms with Crippen molar-refractivity contribution in [3.8, 4) is 0 Å². The van der Waals surface area contributed by atoms with Gasteiger partial charge in [0.15, 0.2) is 0 Å². The summed E-state index contributed by atoms with van der Waals surface area (Å²) in [5.74, 6) is 0. The van der Waals surface area contributed by atoms with Crippen LogP contribution in [0.15, 0.2) is 30.5 Å². The molecule has 2 rings (SSSR count). The summed E-state index contributed by atoms with van der Waals surface area (Å²) >= 11 is 0. The van der Waals surface area contributed by atoms with Crippen molar-refractivity contribution in [3.63, 3.8) is 0 Å². The van der Waals surface area contributed by atoms with Crippen LogP contribution in [0.25, 0.3) is 0 Å². The van der Waals surface area contributed by atoms with Gasteiger partial charge in [0.25, 0.3) is 0 Å². The summed E-state index contributed by atoms with van der Waals surface area (Å²) in [7, 11) is 6.05. The van der Waals surface area contributed by atoms with Crippen LogP contribution in [0.2, 0.25) is 0 Å². The Kier molecular flexibility index (Phi) is 3.79. The summed E-state index contributed by atoms with van der Waals surface area (Å²) in [6.07, 6.45) is 2.07. The fraction of sp³-hybridized carbons (Fsp3) is 0.400. The van der Waals surface area contributed by atoms with E-state index >= 15 is 0 Å². The number of anilines is 2. The summed E-state index contributed by atoms with van der Waals surface area (Å²) in [5, 5.41) is 7.92. The highest BCUT2D eigenvalue weighted by atomic mass is 15.3.